The van der Waals surface area contributed by atoms with Crippen LogP contribution in [0.1, 0.15) is 100 Å². The average molecular weight is 537 g/mol. The molecule has 0 fully saturated rings. The van der Waals surface area contributed by atoms with Crippen LogP contribution < -0.4 is 0 Å². The van der Waals surface area contributed by atoms with Gasteiger partial charge in [0.25, 0.3) is 0 Å². The maximum absolute atomic E-state index is 16.0. The van der Waals surface area contributed by atoms with Crippen LogP contribution >= 0.6 is 0 Å². The summed E-state index contributed by atoms with van der Waals surface area (Å²) in [5.74, 6) is -2.26. The van der Waals surface area contributed by atoms with Crippen LogP contribution in [0.25, 0.3) is 22.3 Å². The molecule has 3 rings (SSSR count). The van der Waals surface area contributed by atoms with Crippen molar-refractivity contribution in [1.82, 2.24) is 0 Å². The third-order valence-corrected chi connectivity index (χ3v) is 7.03. The van der Waals surface area contributed by atoms with Gasteiger partial charge in [0.15, 0.2) is 0 Å². The molecule has 0 aromatic heterocycles. The quantitative estimate of drug-likeness (QED) is 0.0978. The Labute approximate surface area is 232 Å². The molecule has 0 saturated heterocycles. The highest BCUT2D eigenvalue weighted by atomic mass is 19.1. The maximum atomic E-state index is 16.0. The Hall–Kier alpha value is -3.05. The molecule has 3 nitrogen and oxygen atoms in total. The standard InChI is InChI=1S/C34H42F2O3/c1-3-5-7-9-10-13-17-26-20-21-29(31(35)25-26)32-28(27-18-14-12-15-19-27)22-23-30(33(32)36)34(37)39-38-24-16-11-8-6-4-2/h12,14-15,18-23,25H,3-11,13,16-17,24H2,1-2H3. The van der Waals surface area contributed by atoms with E-state index in [0.29, 0.717) is 5.56 Å². The third-order valence-electron chi connectivity index (χ3n) is 7.03. The molecule has 0 aliphatic heterocycles. The first-order valence-corrected chi connectivity index (χ1v) is 14.6. The molecule has 39 heavy (non-hydrogen) atoms. The lowest BCUT2D eigenvalue weighted by atomic mass is 9.91. The number of halogens is 2. The highest BCUT2D eigenvalue weighted by Crippen LogP contribution is 2.37. The number of hydrogen-bond acceptors (Lipinski definition) is 3. The van der Waals surface area contributed by atoms with E-state index in [1.54, 1.807) is 12.1 Å². The molecule has 0 aliphatic carbocycles. The Morgan fingerprint density at radius 2 is 1.36 bits per heavy atom. The van der Waals surface area contributed by atoms with Gasteiger partial charge in [0.1, 0.15) is 11.6 Å². The van der Waals surface area contributed by atoms with E-state index >= 15 is 8.78 Å². The first-order valence-electron chi connectivity index (χ1n) is 14.6. The molecule has 210 valence electrons. The van der Waals surface area contributed by atoms with Crippen molar-refractivity contribution >= 4 is 5.97 Å². The molecule has 0 atom stereocenters. The van der Waals surface area contributed by atoms with E-state index < -0.39 is 17.6 Å². The Morgan fingerprint density at radius 3 is 2.05 bits per heavy atom. The SMILES string of the molecule is CCCCCCCCc1ccc(-c2c(-c3ccccc3)ccc(C(=O)OOCCCCCCC)c2F)c(F)c1. The van der Waals surface area contributed by atoms with Crippen molar-refractivity contribution in [2.75, 3.05) is 6.61 Å². The summed E-state index contributed by atoms with van der Waals surface area (Å²) in [6.45, 7) is 4.58. The second kappa shape index (κ2) is 16.8. The topological polar surface area (TPSA) is 35.5 Å². The van der Waals surface area contributed by atoms with E-state index in [2.05, 4.69) is 13.8 Å². The van der Waals surface area contributed by atoms with Crippen molar-refractivity contribution < 1.29 is 23.4 Å². The molecule has 0 N–H and O–H groups in total. The van der Waals surface area contributed by atoms with Crippen LogP contribution in [0.3, 0.4) is 0 Å². The predicted octanol–water partition coefficient (Wildman–Crippen LogP) is 10.3. The number of benzene rings is 3. The van der Waals surface area contributed by atoms with E-state index in [9.17, 15) is 4.79 Å². The largest absolute Gasteiger partial charge is 0.376 e. The number of hydrogen-bond donors (Lipinski definition) is 0. The first kappa shape index (κ1) is 30.5. The smallest absolute Gasteiger partial charge is 0.293 e. The second-order valence-corrected chi connectivity index (χ2v) is 10.2. The number of carbonyl (C=O) groups excluding carboxylic acids is 1. The van der Waals surface area contributed by atoms with E-state index in [0.717, 1.165) is 62.5 Å². The summed E-state index contributed by atoms with van der Waals surface area (Å²) in [4.78, 5) is 22.7. The Balaban J connectivity index is 1.80. The number of rotatable bonds is 17. The lowest BCUT2D eigenvalue weighted by molar-refractivity contribution is -0.241. The van der Waals surface area contributed by atoms with Gasteiger partial charge in [-0.1, -0.05) is 120 Å². The zero-order valence-electron chi connectivity index (χ0n) is 23.4. The highest BCUT2D eigenvalue weighted by molar-refractivity contribution is 5.95. The van der Waals surface area contributed by atoms with Crippen molar-refractivity contribution in [1.29, 1.82) is 0 Å². The minimum Gasteiger partial charge on any atom is -0.293 e. The van der Waals surface area contributed by atoms with Crippen LogP contribution in [-0.2, 0) is 16.2 Å². The van der Waals surface area contributed by atoms with Crippen molar-refractivity contribution in [3.63, 3.8) is 0 Å². The summed E-state index contributed by atoms with van der Waals surface area (Å²) in [5, 5.41) is 0. The Morgan fingerprint density at radius 1 is 0.718 bits per heavy atom. The zero-order valence-corrected chi connectivity index (χ0v) is 23.4. The van der Waals surface area contributed by atoms with Gasteiger partial charge in [0, 0.05) is 11.1 Å². The molecule has 5 heteroatoms. The first-order chi connectivity index (χ1) is 19.1. The van der Waals surface area contributed by atoms with Crippen molar-refractivity contribution in [2.45, 2.75) is 90.9 Å². The second-order valence-electron chi connectivity index (χ2n) is 10.2. The summed E-state index contributed by atoms with van der Waals surface area (Å²) >= 11 is 0. The van der Waals surface area contributed by atoms with Gasteiger partial charge in [-0.15, -0.1) is 0 Å². The van der Waals surface area contributed by atoms with Gasteiger partial charge in [-0.2, -0.15) is 4.89 Å². The molecular weight excluding hydrogens is 494 g/mol. The molecule has 0 unspecified atom stereocenters. The van der Waals surface area contributed by atoms with Crippen LogP contribution in [0.5, 0.6) is 0 Å². The van der Waals surface area contributed by atoms with Gasteiger partial charge < -0.3 is 0 Å². The molecule has 0 bridgehead atoms. The minimum absolute atomic E-state index is 0.0406. The Bertz CT molecular complexity index is 1160. The monoisotopic (exact) mass is 536 g/mol. The highest BCUT2D eigenvalue weighted by Gasteiger charge is 2.24. The lowest BCUT2D eigenvalue weighted by Gasteiger charge is -2.15. The average Bonchev–Trinajstić information content (AvgIpc) is 2.95. The number of carbonyl (C=O) groups is 1. The fourth-order valence-electron chi connectivity index (χ4n) is 4.79. The molecule has 0 saturated carbocycles. The molecule has 3 aromatic carbocycles. The molecule has 0 aliphatic rings. The molecular formula is C34H42F2O3. The van der Waals surface area contributed by atoms with E-state index in [1.807, 2.05) is 36.4 Å². The molecule has 0 radical (unpaired) electrons. The van der Waals surface area contributed by atoms with Gasteiger partial charge in [-0.25, -0.2) is 13.6 Å². The zero-order chi connectivity index (χ0) is 27.9. The minimum atomic E-state index is -0.929. The summed E-state index contributed by atoms with van der Waals surface area (Å²) in [6, 6.07) is 17.2. The van der Waals surface area contributed by atoms with Crippen LogP contribution in [0.2, 0.25) is 0 Å². The summed E-state index contributed by atoms with van der Waals surface area (Å²) in [7, 11) is 0. The van der Waals surface area contributed by atoms with Crippen LogP contribution in [0.4, 0.5) is 8.78 Å². The molecule has 0 amide bonds. The van der Waals surface area contributed by atoms with E-state index in [-0.39, 0.29) is 23.3 Å². The molecule has 0 heterocycles. The normalized spacial score (nSPS) is 11.1. The fraction of sp³-hybridized carbons (Fsp3) is 0.441. The van der Waals surface area contributed by atoms with Crippen molar-refractivity contribution in [2.24, 2.45) is 0 Å². The summed E-state index contributed by atoms with van der Waals surface area (Å²) in [5.41, 5.74) is 1.99. The van der Waals surface area contributed by atoms with E-state index in [4.69, 9.17) is 9.78 Å². The summed E-state index contributed by atoms with van der Waals surface area (Å²) < 4.78 is 31.5. The van der Waals surface area contributed by atoms with Gasteiger partial charge in [-0.3, -0.25) is 4.89 Å². The van der Waals surface area contributed by atoms with Crippen LogP contribution in [0.15, 0.2) is 60.7 Å². The molecule has 3 aromatic rings. The van der Waals surface area contributed by atoms with Gasteiger partial charge in [0.05, 0.1) is 12.2 Å². The summed E-state index contributed by atoms with van der Waals surface area (Å²) in [6.07, 6.45) is 12.9. The van der Waals surface area contributed by atoms with Crippen molar-refractivity contribution in [3.8, 4) is 22.3 Å². The van der Waals surface area contributed by atoms with Gasteiger partial charge in [0.2, 0.25) is 0 Å². The van der Waals surface area contributed by atoms with Crippen LogP contribution in [0, 0.1) is 11.6 Å². The van der Waals surface area contributed by atoms with E-state index in [1.165, 1.54) is 37.8 Å². The fourth-order valence-corrected chi connectivity index (χ4v) is 4.79. The Kier molecular flexibility index (Phi) is 13.1. The number of unbranched alkanes of at least 4 members (excludes halogenated alkanes) is 9. The van der Waals surface area contributed by atoms with Crippen LogP contribution in [-0.4, -0.2) is 12.6 Å². The third kappa shape index (κ3) is 9.28. The van der Waals surface area contributed by atoms with Crippen molar-refractivity contribution in [3.05, 3.63) is 83.4 Å². The number of aryl methyl sites for hydroxylation is 1. The van der Waals surface area contributed by atoms with Gasteiger partial charge in [-0.05, 0) is 48.1 Å². The lowest BCUT2D eigenvalue weighted by Crippen LogP contribution is -2.10. The molecule has 0 spiro atoms. The predicted molar refractivity (Wildman–Crippen MR) is 154 cm³/mol. The maximum Gasteiger partial charge on any atom is 0.376 e. The van der Waals surface area contributed by atoms with Gasteiger partial charge >= 0.3 is 5.97 Å².